The van der Waals surface area contributed by atoms with Crippen molar-refractivity contribution in [2.24, 2.45) is 0 Å². The first-order chi connectivity index (χ1) is 12.6. The largest absolute Gasteiger partial charge is 0.325 e. The van der Waals surface area contributed by atoms with Crippen molar-refractivity contribution in [1.29, 1.82) is 5.26 Å². The fourth-order valence-electron chi connectivity index (χ4n) is 3.02. The van der Waals surface area contributed by atoms with Crippen molar-refractivity contribution in [3.63, 3.8) is 0 Å². The maximum atomic E-state index is 14.0. The van der Waals surface area contributed by atoms with E-state index in [9.17, 15) is 9.18 Å². The van der Waals surface area contributed by atoms with Gasteiger partial charge in [0.15, 0.2) is 0 Å². The number of hydrogen-bond acceptors (Lipinski definition) is 4. The van der Waals surface area contributed by atoms with Crippen molar-refractivity contribution >= 4 is 11.6 Å². The number of rotatable bonds is 5. The number of anilines is 1. The van der Waals surface area contributed by atoms with E-state index in [-0.39, 0.29) is 11.7 Å². The lowest BCUT2D eigenvalue weighted by Gasteiger charge is -2.34. The average Bonchev–Trinajstić information content (AvgIpc) is 2.65. The summed E-state index contributed by atoms with van der Waals surface area (Å²) in [6.45, 7) is 3.95. The molecule has 1 amide bonds. The Labute approximate surface area is 152 Å². The summed E-state index contributed by atoms with van der Waals surface area (Å²) >= 11 is 0. The Hall–Kier alpha value is -2.75. The molecule has 3 rings (SSSR count). The second-order valence-electron chi connectivity index (χ2n) is 6.38. The van der Waals surface area contributed by atoms with Crippen LogP contribution >= 0.6 is 0 Å². The summed E-state index contributed by atoms with van der Waals surface area (Å²) in [5.41, 5.74) is 1.73. The van der Waals surface area contributed by atoms with Crippen LogP contribution in [0.4, 0.5) is 10.1 Å². The highest BCUT2D eigenvalue weighted by Gasteiger charge is 2.20. The Bertz CT molecular complexity index is 795. The third-order valence-corrected chi connectivity index (χ3v) is 4.47. The van der Waals surface area contributed by atoms with E-state index in [2.05, 4.69) is 15.1 Å². The molecular formula is C20H21FN4O. The lowest BCUT2D eigenvalue weighted by Crippen LogP contribution is -2.48. The fourth-order valence-corrected chi connectivity index (χ4v) is 3.02. The smallest absolute Gasteiger partial charge is 0.238 e. The van der Waals surface area contributed by atoms with Crippen LogP contribution in [0, 0.1) is 17.1 Å². The summed E-state index contributed by atoms with van der Waals surface area (Å²) < 4.78 is 14.0. The molecule has 0 radical (unpaired) electrons. The molecule has 0 atom stereocenters. The molecule has 6 heteroatoms. The van der Waals surface area contributed by atoms with E-state index < -0.39 is 0 Å². The van der Waals surface area contributed by atoms with Gasteiger partial charge < -0.3 is 5.32 Å². The maximum absolute atomic E-state index is 14.0. The number of nitrogens with one attached hydrogen (secondary N) is 1. The number of para-hydroxylation sites is 1. The van der Waals surface area contributed by atoms with Crippen molar-refractivity contribution in [3.05, 3.63) is 65.5 Å². The third-order valence-electron chi connectivity index (χ3n) is 4.47. The predicted molar refractivity (Wildman–Crippen MR) is 97.9 cm³/mol. The van der Waals surface area contributed by atoms with E-state index in [1.807, 2.05) is 36.4 Å². The number of nitriles is 1. The van der Waals surface area contributed by atoms with E-state index in [1.54, 1.807) is 12.1 Å². The van der Waals surface area contributed by atoms with Crippen molar-refractivity contribution < 1.29 is 9.18 Å². The molecule has 0 unspecified atom stereocenters. The Morgan fingerprint density at radius 3 is 2.42 bits per heavy atom. The topological polar surface area (TPSA) is 59.4 Å². The molecule has 0 aliphatic carbocycles. The Morgan fingerprint density at radius 2 is 1.77 bits per heavy atom. The zero-order chi connectivity index (χ0) is 18.4. The fraction of sp³-hybridized carbons (Fsp3) is 0.300. The lowest BCUT2D eigenvalue weighted by atomic mass is 10.1. The quantitative estimate of drug-likeness (QED) is 0.898. The highest BCUT2D eigenvalue weighted by atomic mass is 19.1. The van der Waals surface area contributed by atoms with Crippen molar-refractivity contribution in [2.75, 3.05) is 38.0 Å². The van der Waals surface area contributed by atoms with Crippen LogP contribution in [0.25, 0.3) is 0 Å². The molecule has 134 valence electrons. The van der Waals surface area contributed by atoms with Crippen LogP contribution in [0.2, 0.25) is 0 Å². The Morgan fingerprint density at radius 1 is 1.08 bits per heavy atom. The van der Waals surface area contributed by atoms with Gasteiger partial charge in [0, 0.05) is 44.0 Å². The monoisotopic (exact) mass is 352 g/mol. The lowest BCUT2D eigenvalue weighted by molar-refractivity contribution is -0.117. The van der Waals surface area contributed by atoms with Gasteiger partial charge in [0.1, 0.15) is 5.82 Å². The number of benzene rings is 2. The first-order valence-electron chi connectivity index (χ1n) is 8.62. The van der Waals surface area contributed by atoms with Gasteiger partial charge in [-0.15, -0.1) is 0 Å². The normalized spacial score (nSPS) is 15.4. The molecule has 0 bridgehead atoms. The highest BCUT2D eigenvalue weighted by Crippen LogP contribution is 2.14. The summed E-state index contributed by atoms with van der Waals surface area (Å²) in [7, 11) is 0. The van der Waals surface area contributed by atoms with Crippen LogP contribution in [-0.2, 0) is 11.3 Å². The van der Waals surface area contributed by atoms with Gasteiger partial charge in [0.05, 0.1) is 18.2 Å². The molecule has 2 aromatic rings. The van der Waals surface area contributed by atoms with E-state index in [0.29, 0.717) is 24.2 Å². The van der Waals surface area contributed by atoms with Crippen LogP contribution in [0.15, 0.2) is 48.5 Å². The van der Waals surface area contributed by atoms with Gasteiger partial charge in [0.25, 0.3) is 0 Å². The van der Waals surface area contributed by atoms with Crippen LogP contribution in [-0.4, -0.2) is 48.4 Å². The van der Waals surface area contributed by atoms with Gasteiger partial charge in [-0.3, -0.25) is 14.6 Å². The maximum Gasteiger partial charge on any atom is 0.238 e. The number of halogens is 1. The number of nitrogens with zero attached hydrogens (tertiary/aromatic N) is 3. The first kappa shape index (κ1) is 18.1. The minimum atomic E-state index is -0.339. The van der Waals surface area contributed by atoms with Crippen LogP contribution < -0.4 is 5.32 Å². The molecule has 1 heterocycles. The Balaban J connectivity index is 1.45. The van der Waals surface area contributed by atoms with Gasteiger partial charge in [-0.05, 0) is 24.3 Å². The van der Waals surface area contributed by atoms with E-state index in [1.165, 1.54) is 6.07 Å². The summed E-state index contributed by atoms with van der Waals surface area (Å²) in [6, 6.07) is 15.9. The van der Waals surface area contributed by atoms with Crippen LogP contribution in [0.3, 0.4) is 0 Å². The number of amides is 1. The average molecular weight is 352 g/mol. The minimum absolute atomic E-state index is 0.0252. The zero-order valence-electron chi connectivity index (χ0n) is 14.5. The summed E-state index contributed by atoms with van der Waals surface area (Å²) in [6.07, 6.45) is 0. The highest BCUT2D eigenvalue weighted by molar-refractivity contribution is 5.92. The SMILES string of the molecule is N#Cc1ccc(CN2CCN(CC(=O)Nc3ccccc3)CC2)c(F)c1. The van der Waals surface area contributed by atoms with Gasteiger partial charge in [-0.1, -0.05) is 24.3 Å². The van der Waals surface area contributed by atoms with Gasteiger partial charge >= 0.3 is 0 Å². The van der Waals surface area contributed by atoms with Crippen LogP contribution in [0.1, 0.15) is 11.1 Å². The van der Waals surface area contributed by atoms with E-state index in [4.69, 9.17) is 5.26 Å². The molecule has 5 nitrogen and oxygen atoms in total. The molecular weight excluding hydrogens is 331 g/mol. The third kappa shape index (κ3) is 4.88. The Kier molecular flexibility index (Phi) is 5.95. The molecule has 1 aliphatic rings. The summed E-state index contributed by atoms with van der Waals surface area (Å²) in [5.74, 6) is -0.364. The molecule has 1 aliphatic heterocycles. The number of carbonyl (C=O) groups is 1. The van der Waals surface area contributed by atoms with Crippen molar-refractivity contribution in [2.45, 2.75) is 6.54 Å². The number of hydrogen-bond donors (Lipinski definition) is 1. The molecule has 0 spiro atoms. The summed E-state index contributed by atoms with van der Waals surface area (Å²) in [5, 5.41) is 11.7. The predicted octanol–water partition coefficient (Wildman–Crippen LogP) is 2.45. The molecule has 1 N–H and O–H groups in total. The van der Waals surface area contributed by atoms with Crippen molar-refractivity contribution in [3.8, 4) is 6.07 Å². The molecule has 0 aromatic heterocycles. The van der Waals surface area contributed by atoms with Gasteiger partial charge in [0.2, 0.25) is 5.91 Å². The van der Waals surface area contributed by atoms with E-state index in [0.717, 1.165) is 31.9 Å². The number of carbonyl (C=O) groups excluding carboxylic acids is 1. The molecule has 2 aromatic carbocycles. The zero-order valence-corrected chi connectivity index (χ0v) is 14.5. The molecule has 0 saturated carbocycles. The van der Waals surface area contributed by atoms with E-state index >= 15 is 0 Å². The van der Waals surface area contributed by atoms with Crippen LogP contribution in [0.5, 0.6) is 0 Å². The van der Waals surface area contributed by atoms with Gasteiger partial charge in [-0.25, -0.2) is 4.39 Å². The molecule has 1 saturated heterocycles. The second kappa shape index (κ2) is 8.56. The minimum Gasteiger partial charge on any atom is -0.325 e. The summed E-state index contributed by atoms with van der Waals surface area (Å²) in [4.78, 5) is 16.4. The van der Waals surface area contributed by atoms with Gasteiger partial charge in [-0.2, -0.15) is 5.26 Å². The second-order valence-corrected chi connectivity index (χ2v) is 6.38. The molecule has 26 heavy (non-hydrogen) atoms. The first-order valence-corrected chi connectivity index (χ1v) is 8.62. The molecule has 1 fully saturated rings. The number of piperazine rings is 1. The standard InChI is InChI=1S/C20H21FN4O/c21-19-12-16(13-22)6-7-17(19)14-24-8-10-25(11-9-24)15-20(26)23-18-4-2-1-3-5-18/h1-7,12H,8-11,14-15H2,(H,23,26). The van der Waals surface area contributed by atoms with Crippen molar-refractivity contribution in [1.82, 2.24) is 9.80 Å².